The topological polar surface area (TPSA) is 83.1 Å². The lowest BCUT2D eigenvalue weighted by molar-refractivity contribution is -0.160. The van der Waals surface area contributed by atoms with E-state index in [-0.39, 0.29) is 13.3 Å². The van der Waals surface area contributed by atoms with Crippen molar-refractivity contribution in [2.45, 2.75) is 32.6 Å². The summed E-state index contributed by atoms with van der Waals surface area (Å²) in [5.41, 5.74) is 0.854. The molecule has 27 heavy (non-hydrogen) atoms. The van der Waals surface area contributed by atoms with Crippen LogP contribution in [0.15, 0.2) is 48.5 Å². The van der Waals surface area contributed by atoms with Crippen LogP contribution in [0, 0.1) is 0 Å². The second-order valence-corrected chi connectivity index (χ2v) is 6.06. The maximum absolute atomic E-state index is 12.2. The Kier molecular flexibility index (Phi) is 5.80. The SMILES string of the molecule is C[C@H](Oc1ccccc1)C(=O)O[C@H](C)C(=O)NCc1ccc2c(c1)OCO2. The number of amides is 1. The zero-order valence-corrected chi connectivity index (χ0v) is 15.1. The van der Waals surface area contributed by atoms with Crippen molar-refractivity contribution in [3.8, 4) is 17.2 Å². The van der Waals surface area contributed by atoms with Crippen molar-refractivity contribution in [2.75, 3.05) is 6.79 Å². The summed E-state index contributed by atoms with van der Waals surface area (Å²) in [5.74, 6) is 0.882. The molecule has 1 aliphatic rings. The number of para-hydroxylation sites is 1. The predicted octanol–water partition coefficient (Wildman–Crippen LogP) is 2.43. The van der Waals surface area contributed by atoms with Crippen LogP contribution >= 0.6 is 0 Å². The summed E-state index contributed by atoms with van der Waals surface area (Å²) in [7, 11) is 0. The summed E-state index contributed by atoms with van der Waals surface area (Å²) in [4.78, 5) is 24.3. The number of esters is 1. The maximum Gasteiger partial charge on any atom is 0.347 e. The Morgan fingerprint density at radius 3 is 2.56 bits per heavy atom. The summed E-state index contributed by atoms with van der Waals surface area (Å²) in [6, 6.07) is 14.4. The van der Waals surface area contributed by atoms with Crippen LogP contribution in [0.25, 0.3) is 0 Å². The van der Waals surface area contributed by atoms with Gasteiger partial charge in [0.05, 0.1) is 0 Å². The number of fused-ring (bicyclic) bond motifs is 1. The van der Waals surface area contributed by atoms with Gasteiger partial charge in [0, 0.05) is 6.54 Å². The fraction of sp³-hybridized carbons (Fsp3) is 0.300. The van der Waals surface area contributed by atoms with Crippen LogP contribution in [0.5, 0.6) is 17.2 Å². The molecule has 0 aliphatic carbocycles. The lowest BCUT2D eigenvalue weighted by Crippen LogP contribution is -2.38. The van der Waals surface area contributed by atoms with E-state index in [1.54, 1.807) is 43.3 Å². The van der Waals surface area contributed by atoms with Crippen LogP contribution in [-0.2, 0) is 20.9 Å². The third kappa shape index (κ3) is 4.91. The lowest BCUT2D eigenvalue weighted by Gasteiger charge is -2.17. The standard InChI is InChI=1S/C20H21NO6/c1-13(27-20(23)14(2)26-16-6-4-3-5-7-16)19(22)21-11-15-8-9-17-18(10-15)25-12-24-17/h3-10,13-14H,11-12H2,1-2H3,(H,21,22)/t13-,14+/m1/s1. The highest BCUT2D eigenvalue weighted by Gasteiger charge is 2.23. The second kappa shape index (κ2) is 8.44. The minimum atomic E-state index is -0.937. The molecule has 1 aliphatic heterocycles. The largest absolute Gasteiger partial charge is 0.479 e. The molecule has 0 bridgehead atoms. The Labute approximate surface area is 157 Å². The molecule has 0 unspecified atom stereocenters. The fourth-order valence-electron chi connectivity index (χ4n) is 2.46. The van der Waals surface area contributed by atoms with E-state index in [1.807, 2.05) is 12.1 Å². The fourth-order valence-corrected chi connectivity index (χ4v) is 2.46. The molecule has 1 amide bonds. The van der Waals surface area contributed by atoms with Gasteiger partial charge in [-0.15, -0.1) is 0 Å². The molecule has 2 aromatic carbocycles. The molecule has 7 nitrogen and oxygen atoms in total. The Balaban J connectivity index is 1.46. The molecule has 1 N–H and O–H groups in total. The number of nitrogens with one attached hydrogen (secondary N) is 1. The number of hydrogen-bond donors (Lipinski definition) is 1. The highest BCUT2D eigenvalue weighted by atomic mass is 16.7. The molecule has 2 atom stereocenters. The number of hydrogen-bond acceptors (Lipinski definition) is 6. The molecule has 0 fully saturated rings. The minimum absolute atomic E-state index is 0.196. The first kappa shape index (κ1) is 18.6. The van der Waals surface area contributed by atoms with Gasteiger partial charge in [-0.05, 0) is 43.7 Å². The number of rotatable bonds is 7. The molecule has 7 heteroatoms. The Bertz CT molecular complexity index is 807. The number of ether oxygens (including phenoxy) is 4. The number of benzene rings is 2. The Morgan fingerprint density at radius 2 is 1.78 bits per heavy atom. The zero-order valence-electron chi connectivity index (χ0n) is 15.1. The molecular formula is C20H21NO6. The lowest BCUT2D eigenvalue weighted by atomic mass is 10.2. The van der Waals surface area contributed by atoms with Gasteiger partial charge in [-0.3, -0.25) is 4.79 Å². The van der Waals surface area contributed by atoms with Crippen molar-refractivity contribution in [2.24, 2.45) is 0 Å². The van der Waals surface area contributed by atoms with Crippen molar-refractivity contribution in [3.05, 3.63) is 54.1 Å². The summed E-state index contributed by atoms with van der Waals surface area (Å²) >= 11 is 0. The van der Waals surface area contributed by atoms with Crippen LogP contribution in [0.1, 0.15) is 19.4 Å². The highest BCUT2D eigenvalue weighted by molar-refractivity contribution is 5.84. The summed E-state index contributed by atoms with van der Waals surface area (Å²) in [6.45, 7) is 3.57. The Morgan fingerprint density at radius 1 is 1.04 bits per heavy atom. The van der Waals surface area contributed by atoms with Crippen LogP contribution in [0.3, 0.4) is 0 Å². The first-order valence-electron chi connectivity index (χ1n) is 8.61. The van der Waals surface area contributed by atoms with E-state index in [0.717, 1.165) is 5.56 Å². The van der Waals surface area contributed by atoms with E-state index in [2.05, 4.69) is 5.32 Å². The zero-order chi connectivity index (χ0) is 19.2. The van der Waals surface area contributed by atoms with E-state index in [0.29, 0.717) is 17.2 Å². The second-order valence-electron chi connectivity index (χ2n) is 6.06. The van der Waals surface area contributed by atoms with Crippen LogP contribution in [0.2, 0.25) is 0 Å². The first-order valence-corrected chi connectivity index (χ1v) is 8.61. The van der Waals surface area contributed by atoms with Gasteiger partial charge in [0.2, 0.25) is 6.79 Å². The quantitative estimate of drug-likeness (QED) is 0.753. The molecule has 0 saturated carbocycles. The monoisotopic (exact) mass is 371 g/mol. The summed E-state index contributed by atoms with van der Waals surface area (Å²) in [6.07, 6.45) is -1.76. The van der Waals surface area contributed by atoms with E-state index in [9.17, 15) is 9.59 Å². The van der Waals surface area contributed by atoms with E-state index in [1.165, 1.54) is 6.92 Å². The number of carbonyl (C=O) groups excluding carboxylic acids is 2. The average Bonchev–Trinajstić information content (AvgIpc) is 3.14. The van der Waals surface area contributed by atoms with E-state index < -0.39 is 24.1 Å². The van der Waals surface area contributed by atoms with E-state index in [4.69, 9.17) is 18.9 Å². The average molecular weight is 371 g/mol. The maximum atomic E-state index is 12.2. The van der Waals surface area contributed by atoms with Gasteiger partial charge in [-0.2, -0.15) is 0 Å². The third-order valence-corrected chi connectivity index (χ3v) is 3.95. The predicted molar refractivity (Wildman–Crippen MR) is 96.5 cm³/mol. The van der Waals surface area contributed by atoms with Gasteiger partial charge < -0.3 is 24.3 Å². The highest BCUT2D eigenvalue weighted by Crippen LogP contribution is 2.32. The van der Waals surface area contributed by atoms with Crippen molar-refractivity contribution in [3.63, 3.8) is 0 Å². The molecule has 0 saturated heterocycles. The number of carbonyl (C=O) groups is 2. The third-order valence-electron chi connectivity index (χ3n) is 3.95. The van der Waals surface area contributed by atoms with Gasteiger partial charge in [0.1, 0.15) is 5.75 Å². The van der Waals surface area contributed by atoms with Gasteiger partial charge in [-0.1, -0.05) is 24.3 Å². The molecule has 0 radical (unpaired) electrons. The van der Waals surface area contributed by atoms with Crippen LogP contribution in [0.4, 0.5) is 0 Å². The van der Waals surface area contributed by atoms with Gasteiger partial charge in [0.15, 0.2) is 23.7 Å². The van der Waals surface area contributed by atoms with Crippen molar-refractivity contribution in [1.29, 1.82) is 0 Å². The smallest absolute Gasteiger partial charge is 0.347 e. The molecule has 2 aromatic rings. The molecule has 0 aromatic heterocycles. The van der Waals surface area contributed by atoms with Crippen molar-refractivity contribution in [1.82, 2.24) is 5.32 Å². The molecular weight excluding hydrogens is 350 g/mol. The van der Waals surface area contributed by atoms with Crippen molar-refractivity contribution >= 4 is 11.9 Å². The normalized spacial score (nSPS) is 14.1. The van der Waals surface area contributed by atoms with Gasteiger partial charge in [-0.25, -0.2) is 4.79 Å². The van der Waals surface area contributed by atoms with Crippen LogP contribution in [-0.4, -0.2) is 30.9 Å². The summed E-state index contributed by atoms with van der Waals surface area (Å²) in [5, 5.41) is 2.73. The van der Waals surface area contributed by atoms with Crippen molar-refractivity contribution < 1.29 is 28.5 Å². The molecule has 1 heterocycles. The molecule has 142 valence electrons. The Hall–Kier alpha value is -3.22. The van der Waals surface area contributed by atoms with E-state index >= 15 is 0 Å². The first-order chi connectivity index (χ1) is 13.0. The van der Waals surface area contributed by atoms with Crippen LogP contribution < -0.4 is 19.5 Å². The summed E-state index contributed by atoms with van der Waals surface area (Å²) < 4.78 is 21.2. The van der Waals surface area contributed by atoms with Gasteiger partial charge >= 0.3 is 5.97 Å². The van der Waals surface area contributed by atoms with Gasteiger partial charge in [0.25, 0.3) is 5.91 Å². The molecule has 0 spiro atoms. The molecule has 3 rings (SSSR count). The minimum Gasteiger partial charge on any atom is -0.479 e.